The van der Waals surface area contributed by atoms with Gasteiger partial charge in [-0.15, -0.1) is 0 Å². The number of nitrogens with one attached hydrogen (secondary N) is 2. The van der Waals surface area contributed by atoms with E-state index in [4.69, 9.17) is 5.73 Å². The van der Waals surface area contributed by atoms with Crippen LogP contribution in [0.5, 0.6) is 0 Å². The molecule has 2 rings (SSSR count). The van der Waals surface area contributed by atoms with Gasteiger partial charge >= 0.3 is 0 Å². The summed E-state index contributed by atoms with van der Waals surface area (Å²) < 4.78 is 0. The minimum atomic E-state index is 0.350. The van der Waals surface area contributed by atoms with Gasteiger partial charge in [0.25, 0.3) is 0 Å². The van der Waals surface area contributed by atoms with Crippen LogP contribution in [-0.2, 0) is 6.54 Å². The summed E-state index contributed by atoms with van der Waals surface area (Å²) in [6.07, 6.45) is 1.83. The summed E-state index contributed by atoms with van der Waals surface area (Å²) in [7, 11) is 0. The number of fused-ring (bicyclic) bond motifs is 1. The molecule has 80 valence electrons. The zero-order chi connectivity index (χ0) is 10.7. The third kappa shape index (κ3) is 2.34. The van der Waals surface area contributed by atoms with Crippen LogP contribution in [0.2, 0.25) is 0 Å². The molecule has 15 heavy (non-hydrogen) atoms. The van der Waals surface area contributed by atoms with Gasteiger partial charge in [-0.2, -0.15) is 5.10 Å². The molecular weight excluding hydrogens is 188 g/mol. The normalized spacial score (nSPS) is 13.2. The minimum absolute atomic E-state index is 0.350. The quantitative estimate of drug-likeness (QED) is 0.696. The van der Waals surface area contributed by atoms with Crippen LogP contribution in [0.3, 0.4) is 0 Å². The molecule has 0 saturated carbocycles. The number of rotatable bonds is 4. The van der Waals surface area contributed by atoms with E-state index < -0.39 is 0 Å². The maximum atomic E-state index is 5.53. The summed E-state index contributed by atoms with van der Waals surface area (Å²) in [4.78, 5) is 0. The summed E-state index contributed by atoms with van der Waals surface area (Å²) in [5, 5.41) is 11.4. The Morgan fingerprint density at radius 2 is 2.40 bits per heavy atom. The third-order valence-corrected chi connectivity index (χ3v) is 2.51. The van der Waals surface area contributed by atoms with Crippen molar-refractivity contribution in [3.63, 3.8) is 0 Å². The molecule has 1 heterocycles. The number of benzene rings is 1. The first-order chi connectivity index (χ1) is 7.29. The predicted octanol–water partition coefficient (Wildman–Crippen LogP) is 1.000. The molecule has 0 saturated heterocycles. The lowest BCUT2D eigenvalue weighted by atomic mass is 10.1. The van der Waals surface area contributed by atoms with Crippen molar-refractivity contribution in [3.05, 3.63) is 30.0 Å². The Kier molecular flexibility index (Phi) is 2.99. The summed E-state index contributed by atoms with van der Waals surface area (Å²) in [6.45, 7) is 3.58. The highest BCUT2D eigenvalue weighted by atomic mass is 15.1. The molecule has 0 aliphatic rings. The summed E-state index contributed by atoms with van der Waals surface area (Å²) >= 11 is 0. The zero-order valence-corrected chi connectivity index (χ0v) is 8.83. The number of hydrogen-bond donors (Lipinski definition) is 3. The monoisotopic (exact) mass is 204 g/mol. The Labute approximate surface area is 88.9 Å². The van der Waals surface area contributed by atoms with Crippen LogP contribution in [0.4, 0.5) is 0 Å². The molecule has 0 amide bonds. The van der Waals surface area contributed by atoms with Crippen LogP contribution in [0.1, 0.15) is 12.5 Å². The molecular formula is C11H16N4. The highest BCUT2D eigenvalue weighted by molar-refractivity contribution is 5.78. The highest BCUT2D eigenvalue weighted by Gasteiger charge is 2.00. The van der Waals surface area contributed by atoms with E-state index in [1.807, 2.05) is 6.20 Å². The fourth-order valence-corrected chi connectivity index (χ4v) is 1.47. The average Bonchev–Trinajstić information content (AvgIpc) is 2.72. The van der Waals surface area contributed by atoms with Crippen molar-refractivity contribution in [1.82, 2.24) is 15.5 Å². The number of hydrogen-bond acceptors (Lipinski definition) is 3. The Bertz CT molecular complexity index is 435. The lowest BCUT2D eigenvalue weighted by molar-refractivity contribution is 0.556. The summed E-state index contributed by atoms with van der Waals surface area (Å²) in [6, 6.07) is 6.64. The molecule has 0 bridgehead atoms. The van der Waals surface area contributed by atoms with Crippen molar-refractivity contribution in [3.8, 4) is 0 Å². The second-order valence-corrected chi connectivity index (χ2v) is 3.81. The summed E-state index contributed by atoms with van der Waals surface area (Å²) in [5.74, 6) is 0. The smallest absolute Gasteiger partial charge is 0.0653 e. The van der Waals surface area contributed by atoms with Crippen molar-refractivity contribution >= 4 is 10.9 Å². The fraction of sp³-hybridized carbons (Fsp3) is 0.364. The maximum absolute atomic E-state index is 5.53. The van der Waals surface area contributed by atoms with E-state index in [0.717, 1.165) is 17.4 Å². The van der Waals surface area contributed by atoms with Gasteiger partial charge in [-0.3, -0.25) is 5.10 Å². The average molecular weight is 204 g/mol. The molecule has 4 N–H and O–H groups in total. The van der Waals surface area contributed by atoms with Crippen LogP contribution in [0, 0.1) is 0 Å². The van der Waals surface area contributed by atoms with Gasteiger partial charge in [-0.1, -0.05) is 12.1 Å². The fourth-order valence-electron chi connectivity index (χ4n) is 1.47. The van der Waals surface area contributed by atoms with Gasteiger partial charge < -0.3 is 11.1 Å². The van der Waals surface area contributed by atoms with E-state index >= 15 is 0 Å². The Morgan fingerprint density at radius 1 is 1.53 bits per heavy atom. The van der Waals surface area contributed by atoms with Crippen molar-refractivity contribution < 1.29 is 0 Å². The van der Waals surface area contributed by atoms with Gasteiger partial charge in [0.05, 0.1) is 11.7 Å². The van der Waals surface area contributed by atoms with E-state index in [2.05, 4.69) is 40.6 Å². The van der Waals surface area contributed by atoms with Crippen LogP contribution >= 0.6 is 0 Å². The third-order valence-electron chi connectivity index (χ3n) is 2.51. The van der Waals surface area contributed by atoms with Crippen molar-refractivity contribution in [2.45, 2.75) is 19.5 Å². The molecule has 0 aliphatic heterocycles. The van der Waals surface area contributed by atoms with Gasteiger partial charge in [-0.25, -0.2) is 0 Å². The first-order valence-electron chi connectivity index (χ1n) is 5.15. The van der Waals surface area contributed by atoms with Crippen LogP contribution in [0.25, 0.3) is 10.9 Å². The van der Waals surface area contributed by atoms with Crippen molar-refractivity contribution in [1.29, 1.82) is 0 Å². The van der Waals surface area contributed by atoms with Crippen molar-refractivity contribution in [2.75, 3.05) is 6.54 Å². The van der Waals surface area contributed by atoms with Gasteiger partial charge in [0.2, 0.25) is 0 Å². The van der Waals surface area contributed by atoms with Crippen molar-refractivity contribution in [2.24, 2.45) is 5.73 Å². The lowest BCUT2D eigenvalue weighted by Crippen LogP contribution is -2.32. The minimum Gasteiger partial charge on any atom is -0.329 e. The Balaban J connectivity index is 2.08. The van der Waals surface area contributed by atoms with Crippen LogP contribution in [-0.4, -0.2) is 22.8 Å². The Hall–Kier alpha value is -1.39. The second-order valence-electron chi connectivity index (χ2n) is 3.81. The molecule has 0 fully saturated rings. The van der Waals surface area contributed by atoms with Gasteiger partial charge in [0.1, 0.15) is 0 Å². The topological polar surface area (TPSA) is 66.7 Å². The van der Waals surface area contributed by atoms with Gasteiger partial charge in [0, 0.05) is 24.5 Å². The maximum Gasteiger partial charge on any atom is 0.0653 e. The number of H-pyrrole nitrogens is 1. The number of aromatic nitrogens is 2. The Morgan fingerprint density at radius 3 is 3.20 bits per heavy atom. The number of aromatic amines is 1. The van der Waals surface area contributed by atoms with E-state index in [-0.39, 0.29) is 0 Å². The number of nitrogens with two attached hydrogens (primary N) is 1. The van der Waals surface area contributed by atoms with Crippen LogP contribution < -0.4 is 11.1 Å². The summed E-state index contributed by atoms with van der Waals surface area (Å²) in [5.41, 5.74) is 7.85. The first-order valence-corrected chi connectivity index (χ1v) is 5.15. The first kappa shape index (κ1) is 10.1. The molecule has 0 radical (unpaired) electrons. The standard InChI is InChI=1S/C11H16N4/c1-8(5-12)13-6-9-2-3-10-7-14-15-11(10)4-9/h2-4,7-8,13H,5-6,12H2,1H3,(H,14,15). The zero-order valence-electron chi connectivity index (χ0n) is 8.83. The molecule has 0 aliphatic carbocycles. The van der Waals surface area contributed by atoms with Gasteiger partial charge in [0.15, 0.2) is 0 Å². The molecule has 1 unspecified atom stereocenters. The van der Waals surface area contributed by atoms with E-state index in [9.17, 15) is 0 Å². The molecule has 2 aromatic rings. The molecule has 0 spiro atoms. The van der Waals surface area contributed by atoms with Crippen LogP contribution in [0.15, 0.2) is 24.4 Å². The van der Waals surface area contributed by atoms with E-state index in [1.54, 1.807) is 0 Å². The molecule has 1 aromatic carbocycles. The molecule has 1 atom stereocenters. The molecule has 4 heteroatoms. The molecule has 4 nitrogen and oxygen atoms in total. The second kappa shape index (κ2) is 4.42. The lowest BCUT2D eigenvalue weighted by Gasteiger charge is -2.10. The highest BCUT2D eigenvalue weighted by Crippen LogP contribution is 2.12. The molecule has 1 aromatic heterocycles. The van der Waals surface area contributed by atoms with E-state index in [0.29, 0.717) is 12.6 Å². The number of nitrogens with zero attached hydrogens (tertiary/aromatic N) is 1. The SMILES string of the molecule is CC(CN)NCc1ccc2cn[nH]c2c1. The van der Waals surface area contributed by atoms with Gasteiger partial charge in [-0.05, 0) is 18.6 Å². The largest absolute Gasteiger partial charge is 0.329 e. The van der Waals surface area contributed by atoms with E-state index in [1.165, 1.54) is 5.56 Å². The predicted molar refractivity (Wildman–Crippen MR) is 61.4 cm³/mol.